The quantitative estimate of drug-likeness (QED) is 0.818. The first-order valence-corrected chi connectivity index (χ1v) is 5.59. The number of carboxylic acid groups (broad SMARTS) is 1. The molecule has 0 aliphatic heterocycles. The van der Waals surface area contributed by atoms with Crippen molar-refractivity contribution in [2.75, 3.05) is 0 Å². The van der Waals surface area contributed by atoms with Gasteiger partial charge in [-0.3, -0.25) is 4.79 Å². The van der Waals surface area contributed by atoms with Gasteiger partial charge in [-0.25, -0.2) is 0 Å². The van der Waals surface area contributed by atoms with Crippen LogP contribution in [-0.2, 0) is 24.1 Å². The number of benzene rings is 1. The molecule has 0 bridgehead atoms. The van der Waals surface area contributed by atoms with E-state index in [1.807, 2.05) is 0 Å². The maximum atomic E-state index is 10.4. The van der Waals surface area contributed by atoms with Crippen molar-refractivity contribution in [1.29, 1.82) is 0 Å². The van der Waals surface area contributed by atoms with E-state index in [1.165, 1.54) is 36.0 Å². The summed E-state index contributed by atoms with van der Waals surface area (Å²) in [5, 5.41) is 8.58. The van der Waals surface area contributed by atoms with E-state index >= 15 is 0 Å². The number of carboxylic acids is 1. The third-order valence-electron chi connectivity index (χ3n) is 3.08. The normalized spacial score (nSPS) is 13.9. The fraction of sp³-hybridized carbons (Fsp3) is 0.462. The number of aliphatic carboxylic acids is 1. The van der Waals surface area contributed by atoms with Gasteiger partial charge in [0.1, 0.15) is 0 Å². The summed E-state index contributed by atoms with van der Waals surface area (Å²) >= 11 is 0. The Hall–Kier alpha value is -1.31. The van der Waals surface area contributed by atoms with Gasteiger partial charge in [-0.15, -0.1) is 0 Å². The third-order valence-corrected chi connectivity index (χ3v) is 3.08. The van der Waals surface area contributed by atoms with Crippen LogP contribution in [0.25, 0.3) is 0 Å². The molecule has 0 saturated carbocycles. The second-order valence-electron chi connectivity index (χ2n) is 4.16. The molecule has 15 heavy (non-hydrogen) atoms. The fourth-order valence-electron chi connectivity index (χ4n) is 2.36. The van der Waals surface area contributed by atoms with Crippen molar-refractivity contribution in [2.45, 2.75) is 38.5 Å². The maximum Gasteiger partial charge on any atom is 0.303 e. The van der Waals surface area contributed by atoms with Crippen molar-refractivity contribution in [2.24, 2.45) is 0 Å². The summed E-state index contributed by atoms with van der Waals surface area (Å²) in [6.45, 7) is 0. The summed E-state index contributed by atoms with van der Waals surface area (Å²) < 4.78 is 0. The van der Waals surface area contributed by atoms with Gasteiger partial charge in [0, 0.05) is 6.42 Å². The van der Waals surface area contributed by atoms with Crippen LogP contribution in [0, 0.1) is 0 Å². The van der Waals surface area contributed by atoms with Crippen LogP contribution in [-0.4, -0.2) is 11.1 Å². The molecule has 0 heterocycles. The van der Waals surface area contributed by atoms with Gasteiger partial charge in [-0.2, -0.15) is 0 Å². The highest BCUT2D eigenvalue weighted by Gasteiger charge is 2.13. The predicted molar refractivity (Wildman–Crippen MR) is 59.0 cm³/mol. The largest absolute Gasteiger partial charge is 0.481 e. The van der Waals surface area contributed by atoms with Crippen LogP contribution < -0.4 is 0 Å². The molecule has 0 radical (unpaired) electrons. The van der Waals surface area contributed by atoms with Crippen LogP contribution in [0.5, 0.6) is 0 Å². The summed E-state index contributed by atoms with van der Waals surface area (Å²) in [6.07, 6.45) is 5.58. The summed E-state index contributed by atoms with van der Waals surface area (Å²) in [5.74, 6) is -0.692. The number of hydrogen-bond acceptors (Lipinski definition) is 1. The molecule has 0 aromatic heterocycles. The summed E-state index contributed by atoms with van der Waals surface area (Å²) in [5.41, 5.74) is 4.33. The highest BCUT2D eigenvalue weighted by atomic mass is 16.4. The van der Waals surface area contributed by atoms with E-state index in [9.17, 15) is 4.79 Å². The SMILES string of the molecule is O=C(O)CCCc1cccc2c1CCC2. The Morgan fingerprint density at radius 2 is 2.20 bits per heavy atom. The van der Waals surface area contributed by atoms with Crippen molar-refractivity contribution in [1.82, 2.24) is 0 Å². The van der Waals surface area contributed by atoms with Gasteiger partial charge in [-0.1, -0.05) is 18.2 Å². The molecule has 2 heteroatoms. The molecule has 1 aromatic rings. The number of aryl methyl sites for hydroxylation is 2. The molecule has 1 aromatic carbocycles. The predicted octanol–water partition coefficient (Wildman–Crippen LogP) is 2.58. The molecule has 1 aliphatic rings. The van der Waals surface area contributed by atoms with Gasteiger partial charge in [0.25, 0.3) is 0 Å². The van der Waals surface area contributed by atoms with E-state index < -0.39 is 5.97 Å². The minimum atomic E-state index is -0.692. The van der Waals surface area contributed by atoms with Crippen LogP contribution in [0.4, 0.5) is 0 Å². The van der Waals surface area contributed by atoms with E-state index in [1.54, 1.807) is 0 Å². The van der Waals surface area contributed by atoms with Crippen LogP contribution in [0.1, 0.15) is 36.0 Å². The zero-order valence-corrected chi connectivity index (χ0v) is 8.83. The lowest BCUT2D eigenvalue weighted by Crippen LogP contribution is -1.98. The van der Waals surface area contributed by atoms with Gasteiger partial charge < -0.3 is 5.11 Å². The Labute approximate surface area is 89.9 Å². The highest BCUT2D eigenvalue weighted by Crippen LogP contribution is 2.26. The lowest BCUT2D eigenvalue weighted by Gasteiger charge is -2.07. The van der Waals surface area contributed by atoms with E-state index in [2.05, 4.69) is 18.2 Å². The highest BCUT2D eigenvalue weighted by molar-refractivity contribution is 5.66. The zero-order chi connectivity index (χ0) is 10.7. The minimum absolute atomic E-state index is 0.281. The first-order chi connectivity index (χ1) is 7.27. The standard InChI is InChI=1S/C13H16O2/c14-13(15)9-3-7-11-5-1-4-10-6-2-8-12(10)11/h1,4-5H,2-3,6-9H2,(H,14,15). The number of carbonyl (C=O) groups is 1. The molecule has 0 unspecified atom stereocenters. The number of fused-ring (bicyclic) bond motifs is 1. The first kappa shape index (κ1) is 10.2. The van der Waals surface area contributed by atoms with E-state index in [4.69, 9.17) is 5.11 Å². The van der Waals surface area contributed by atoms with Crippen LogP contribution in [0.2, 0.25) is 0 Å². The smallest absolute Gasteiger partial charge is 0.303 e. The second kappa shape index (κ2) is 4.47. The maximum absolute atomic E-state index is 10.4. The van der Waals surface area contributed by atoms with E-state index in [-0.39, 0.29) is 6.42 Å². The van der Waals surface area contributed by atoms with Crippen molar-refractivity contribution < 1.29 is 9.90 Å². The average Bonchev–Trinajstić information content (AvgIpc) is 2.65. The lowest BCUT2D eigenvalue weighted by atomic mass is 9.99. The molecule has 1 N–H and O–H groups in total. The van der Waals surface area contributed by atoms with E-state index in [0.29, 0.717) is 0 Å². The molecule has 0 amide bonds. The van der Waals surface area contributed by atoms with Crippen LogP contribution >= 0.6 is 0 Å². The fourth-order valence-corrected chi connectivity index (χ4v) is 2.36. The van der Waals surface area contributed by atoms with Crippen molar-refractivity contribution in [3.05, 3.63) is 34.9 Å². The Morgan fingerprint density at radius 3 is 3.00 bits per heavy atom. The van der Waals surface area contributed by atoms with Crippen LogP contribution in [0.3, 0.4) is 0 Å². The molecule has 0 atom stereocenters. The molecular weight excluding hydrogens is 188 g/mol. The summed E-state index contributed by atoms with van der Waals surface area (Å²) in [6, 6.07) is 6.44. The molecule has 0 spiro atoms. The van der Waals surface area contributed by atoms with Gasteiger partial charge in [0.2, 0.25) is 0 Å². The van der Waals surface area contributed by atoms with Crippen molar-refractivity contribution in [3.63, 3.8) is 0 Å². The lowest BCUT2D eigenvalue weighted by molar-refractivity contribution is -0.137. The Kier molecular flexibility index (Phi) is 3.05. The molecule has 0 fully saturated rings. The van der Waals surface area contributed by atoms with Crippen molar-refractivity contribution in [3.8, 4) is 0 Å². The molecule has 80 valence electrons. The third kappa shape index (κ3) is 2.38. The van der Waals surface area contributed by atoms with Crippen LogP contribution in [0.15, 0.2) is 18.2 Å². The first-order valence-electron chi connectivity index (χ1n) is 5.59. The Balaban J connectivity index is 2.02. The molecule has 2 nitrogen and oxygen atoms in total. The van der Waals surface area contributed by atoms with Crippen molar-refractivity contribution >= 4 is 5.97 Å². The topological polar surface area (TPSA) is 37.3 Å². The Bertz CT molecular complexity index is 369. The number of hydrogen-bond donors (Lipinski definition) is 1. The molecule has 0 saturated heterocycles. The zero-order valence-electron chi connectivity index (χ0n) is 8.83. The Morgan fingerprint density at radius 1 is 1.33 bits per heavy atom. The van der Waals surface area contributed by atoms with E-state index in [0.717, 1.165) is 12.8 Å². The molecule has 1 aliphatic carbocycles. The second-order valence-corrected chi connectivity index (χ2v) is 4.16. The van der Waals surface area contributed by atoms with Gasteiger partial charge in [0.15, 0.2) is 0 Å². The summed E-state index contributed by atoms with van der Waals surface area (Å²) in [4.78, 5) is 10.4. The molecular formula is C13H16O2. The minimum Gasteiger partial charge on any atom is -0.481 e. The monoisotopic (exact) mass is 204 g/mol. The number of rotatable bonds is 4. The van der Waals surface area contributed by atoms with Gasteiger partial charge >= 0.3 is 5.97 Å². The average molecular weight is 204 g/mol. The van der Waals surface area contributed by atoms with Gasteiger partial charge in [0.05, 0.1) is 0 Å². The molecule has 2 rings (SSSR count). The summed E-state index contributed by atoms with van der Waals surface area (Å²) in [7, 11) is 0. The van der Waals surface area contributed by atoms with Gasteiger partial charge in [-0.05, 0) is 48.8 Å².